The zero-order chi connectivity index (χ0) is 19.4. The molecule has 6 nitrogen and oxygen atoms in total. The molecule has 1 aliphatic carbocycles. The molecular weight excluding hydrogens is 382 g/mol. The molecule has 3 aromatic rings. The van der Waals surface area contributed by atoms with Crippen LogP contribution in [0.2, 0.25) is 0 Å². The molecule has 1 N–H and O–H groups in total. The van der Waals surface area contributed by atoms with E-state index in [-0.39, 0.29) is 11.9 Å². The second-order valence-corrected chi connectivity index (χ2v) is 9.66. The first-order valence-electron chi connectivity index (χ1n) is 10.7. The minimum atomic E-state index is -0.0282. The molecule has 7 rings (SSSR count). The summed E-state index contributed by atoms with van der Waals surface area (Å²) in [5, 5.41) is 12.0. The summed E-state index contributed by atoms with van der Waals surface area (Å²) in [6.07, 6.45) is 6.73. The fourth-order valence-electron chi connectivity index (χ4n) is 4.90. The number of amides is 1. The summed E-state index contributed by atoms with van der Waals surface area (Å²) < 4.78 is 2.05. The molecule has 2 bridgehead atoms. The van der Waals surface area contributed by atoms with Crippen molar-refractivity contribution in [1.82, 2.24) is 25.0 Å². The van der Waals surface area contributed by atoms with E-state index in [1.165, 1.54) is 38.8 Å². The fraction of sp³-hybridized carbons (Fsp3) is 0.500. The highest BCUT2D eigenvalue weighted by Gasteiger charge is 2.35. The van der Waals surface area contributed by atoms with Crippen molar-refractivity contribution in [2.24, 2.45) is 11.8 Å². The van der Waals surface area contributed by atoms with Gasteiger partial charge in [-0.2, -0.15) is 5.10 Å². The van der Waals surface area contributed by atoms with Gasteiger partial charge < -0.3 is 10.2 Å². The third-order valence-electron chi connectivity index (χ3n) is 6.75. The van der Waals surface area contributed by atoms with Gasteiger partial charge in [0.1, 0.15) is 5.01 Å². The Morgan fingerprint density at radius 2 is 2.07 bits per heavy atom. The van der Waals surface area contributed by atoms with Gasteiger partial charge in [0.05, 0.1) is 5.52 Å². The van der Waals surface area contributed by atoms with Crippen LogP contribution in [0.1, 0.15) is 36.2 Å². The van der Waals surface area contributed by atoms with Crippen molar-refractivity contribution < 1.29 is 4.79 Å². The van der Waals surface area contributed by atoms with Crippen LogP contribution in [0, 0.1) is 11.8 Å². The lowest BCUT2D eigenvalue weighted by Crippen LogP contribution is -2.57. The summed E-state index contributed by atoms with van der Waals surface area (Å²) in [5.41, 5.74) is 2.67. The number of nitrogens with one attached hydrogen (secondary N) is 1. The molecule has 7 heteroatoms. The number of hydrogen-bond donors (Lipinski definition) is 1. The number of fused-ring (bicyclic) bond motifs is 4. The number of piperidine rings is 3. The Labute approximate surface area is 173 Å². The van der Waals surface area contributed by atoms with Gasteiger partial charge in [-0.15, -0.1) is 11.3 Å². The summed E-state index contributed by atoms with van der Waals surface area (Å²) in [6, 6.07) is 6.54. The summed E-state index contributed by atoms with van der Waals surface area (Å²) in [4.78, 5) is 20.2. The van der Waals surface area contributed by atoms with Gasteiger partial charge in [-0.25, -0.2) is 4.98 Å². The van der Waals surface area contributed by atoms with Crippen LogP contribution in [-0.2, 0) is 6.54 Å². The van der Waals surface area contributed by atoms with Gasteiger partial charge in [0.15, 0.2) is 5.69 Å². The van der Waals surface area contributed by atoms with Crippen LogP contribution in [0.5, 0.6) is 0 Å². The van der Waals surface area contributed by atoms with Crippen molar-refractivity contribution in [2.75, 3.05) is 19.6 Å². The van der Waals surface area contributed by atoms with Crippen LogP contribution in [-0.4, -0.2) is 51.2 Å². The highest BCUT2D eigenvalue weighted by molar-refractivity contribution is 7.13. The lowest BCUT2D eigenvalue weighted by molar-refractivity contribution is 0.0618. The Balaban J connectivity index is 1.36. The number of benzene rings is 1. The number of hydrogen-bond acceptors (Lipinski definition) is 5. The number of rotatable bonds is 5. The van der Waals surface area contributed by atoms with E-state index < -0.39 is 0 Å². The Hall–Kier alpha value is -2.25. The van der Waals surface area contributed by atoms with Gasteiger partial charge in [0, 0.05) is 41.7 Å². The highest BCUT2D eigenvalue weighted by atomic mass is 32.1. The molecule has 29 heavy (non-hydrogen) atoms. The first-order chi connectivity index (χ1) is 14.2. The highest BCUT2D eigenvalue weighted by Crippen LogP contribution is 2.34. The molecule has 4 fully saturated rings. The van der Waals surface area contributed by atoms with E-state index in [4.69, 9.17) is 5.10 Å². The molecule has 1 saturated carbocycles. The first-order valence-corrected chi connectivity index (χ1v) is 11.6. The van der Waals surface area contributed by atoms with E-state index in [1.807, 2.05) is 16.3 Å². The smallest absolute Gasteiger partial charge is 0.272 e. The van der Waals surface area contributed by atoms with Crippen LogP contribution in [0.15, 0.2) is 29.8 Å². The molecule has 3 aliphatic heterocycles. The second-order valence-electron chi connectivity index (χ2n) is 8.76. The largest absolute Gasteiger partial charge is 0.346 e. The molecular formula is C22H25N5OS. The molecule has 4 aliphatic rings. The zero-order valence-electron chi connectivity index (χ0n) is 16.4. The molecule has 3 saturated heterocycles. The van der Waals surface area contributed by atoms with Crippen molar-refractivity contribution in [3.8, 4) is 10.6 Å². The van der Waals surface area contributed by atoms with Crippen LogP contribution < -0.4 is 5.32 Å². The summed E-state index contributed by atoms with van der Waals surface area (Å²) in [6.45, 7) is 4.22. The van der Waals surface area contributed by atoms with E-state index in [9.17, 15) is 4.79 Å². The Morgan fingerprint density at radius 3 is 2.76 bits per heavy atom. The Bertz CT molecular complexity index is 1050. The van der Waals surface area contributed by atoms with E-state index >= 15 is 0 Å². The third kappa shape index (κ3) is 3.26. The summed E-state index contributed by atoms with van der Waals surface area (Å²) >= 11 is 1.62. The maximum atomic E-state index is 13.3. The molecule has 1 atom stereocenters. The molecule has 0 unspecified atom stereocenters. The minimum Gasteiger partial charge on any atom is -0.346 e. The molecule has 150 valence electrons. The predicted octanol–water partition coefficient (Wildman–Crippen LogP) is 3.39. The standard InChI is InChI=1S/C22H25N5OS/c28-21(24-18-13-26-8-5-15(18)6-9-26)20-17-11-16(22-23-7-10-29-22)3-4-19(17)27(25-20)12-14-1-2-14/h3-4,7,10-11,14-15,18H,1-2,5-6,8-9,12-13H2,(H,24,28)/t18-/m1/s1. The van der Waals surface area contributed by atoms with Crippen molar-refractivity contribution in [1.29, 1.82) is 0 Å². The van der Waals surface area contributed by atoms with Gasteiger partial charge in [-0.05, 0) is 68.8 Å². The second kappa shape index (κ2) is 6.92. The van der Waals surface area contributed by atoms with Gasteiger partial charge >= 0.3 is 0 Å². The molecule has 2 aromatic heterocycles. The lowest BCUT2D eigenvalue weighted by atomic mass is 9.84. The van der Waals surface area contributed by atoms with E-state index in [1.54, 1.807) is 11.3 Å². The van der Waals surface area contributed by atoms with Gasteiger partial charge in [0.25, 0.3) is 5.91 Å². The zero-order valence-corrected chi connectivity index (χ0v) is 17.2. The van der Waals surface area contributed by atoms with E-state index in [0.717, 1.165) is 34.6 Å². The van der Waals surface area contributed by atoms with E-state index in [2.05, 4.69) is 33.4 Å². The maximum absolute atomic E-state index is 13.3. The molecule has 5 heterocycles. The Morgan fingerprint density at radius 1 is 1.21 bits per heavy atom. The molecule has 1 aromatic carbocycles. The number of carbonyl (C=O) groups excluding carboxylic acids is 1. The number of nitrogens with zero attached hydrogens (tertiary/aromatic N) is 4. The fourth-order valence-corrected chi connectivity index (χ4v) is 5.53. The summed E-state index contributed by atoms with van der Waals surface area (Å²) in [5.74, 6) is 1.28. The van der Waals surface area contributed by atoms with Gasteiger partial charge in [-0.3, -0.25) is 9.48 Å². The van der Waals surface area contributed by atoms with Gasteiger partial charge in [-0.1, -0.05) is 0 Å². The third-order valence-corrected chi connectivity index (χ3v) is 7.57. The Kier molecular flexibility index (Phi) is 4.20. The monoisotopic (exact) mass is 407 g/mol. The normalized spacial score (nSPS) is 26.1. The quantitative estimate of drug-likeness (QED) is 0.704. The topological polar surface area (TPSA) is 63.1 Å². The van der Waals surface area contributed by atoms with Crippen molar-refractivity contribution in [3.05, 3.63) is 35.5 Å². The van der Waals surface area contributed by atoms with Crippen molar-refractivity contribution in [3.63, 3.8) is 0 Å². The van der Waals surface area contributed by atoms with Crippen LogP contribution >= 0.6 is 11.3 Å². The SMILES string of the molecule is O=C(N[C@@H]1CN2CCC1CC2)c1nn(CC2CC2)c2ccc(-c3nccs3)cc12. The average molecular weight is 408 g/mol. The molecule has 1 amide bonds. The van der Waals surface area contributed by atoms with Crippen molar-refractivity contribution in [2.45, 2.75) is 38.3 Å². The number of thiazole rings is 1. The lowest BCUT2D eigenvalue weighted by Gasteiger charge is -2.44. The van der Waals surface area contributed by atoms with Crippen LogP contribution in [0.25, 0.3) is 21.5 Å². The predicted molar refractivity (Wildman–Crippen MR) is 114 cm³/mol. The summed E-state index contributed by atoms with van der Waals surface area (Å²) in [7, 11) is 0. The van der Waals surface area contributed by atoms with Crippen molar-refractivity contribution >= 4 is 28.1 Å². The van der Waals surface area contributed by atoms with Crippen LogP contribution in [0.4, 0.5) is 0 Å². The van der Waals surface area contributed by atoms with E-state index in [0.29, 0.717) is 17.5 Å². The first kappa shape index (κ1) is 17.6. The number of carbonyl (C=O) groups is 1. The van der Waals surface area contributed by atoms with Gasteiger partial charge in [0.2, 0.25) is 0 Å². The van der Waals surface area contributed by atoms with Crippen LogP contribution in [0.3, 0.4) is 0 Å². The molecule has 0 radical (unpaired) electrons. The molecule has 0 spiro atoms. The number of aromatic nitrogens is 3. The minimum absolute atomic E-state index is 0.0282. The maximum Gasteiger partial charge on any atom is 0.272 e. The average Bonchev–Trinajstić information content (AvgIpc) is 3.25.